The molecular weight excluding hydrogens is 240 g/mol. The van der Waals surface area contributed by atoms with Gasteiger partial charge >= 0.3 is 0 Å². The summed E-state index contributed by atoms with van der Waals surface area (Å²) in [4.78, 5) is 33.3. The van der Waals surface area contributed by atoms with E-state index in [1.807, 2.05) is 13.8 Å². The fraction of sp³-hybridized carbons (Fsp3) is 0.727. The minimum atomic E-state index is -0.703. The van der Waals surface area contributed by atoms with Crippen LogP contribution in [0.5, 0.6) is 0 Å². The van der Waals surface area contributed by atoms with Crippen LogP contribution in [0.15, 0.2) is 0 Å². The van der Waals surface area contributed by atoms with Crippen LogP contribution in [0.4, 0.5) is 0 Å². The zero-order valence-electron chi connectivity index (χ0n) is 10.5. The Bertz CT molecular complexity index is 292. The number of amides is 2. The number of carbonyl (C=O) groups is 3. The summed E-state index contributed by atoms with van der Waals surface area (Å²) in [5.41, 5.74) is 5.18. The second kappa shape index (κ2) is 8.11. The molecule has 2 amide bonds. The maximum absolute atomic E-state index is 11.5. The number of primary amides is 1. The van der Waals surface area contributed by atoms with Crippen LogP contribution in [0.25, 0.3) is 0 Å². The summed E-state index contributed by atoms with van der Waals surface area (Å²) in [6.07, 6.45) is 0.362. The predicted octanol–water partition coefficient (Wildman–Crippen LogP) is 0.325. The van der Waals surface area contributed by atoms with Crippen molar-refractivity contribution in [2.24, 2.45) is 11.7 Å². The third-order valence-electron chi connectivity index (χ3n) is 1.86. The number of hydrogen-bond acceptors (Lipinski definition) is 4. The molecule has 0 aromatic rings. The Balaban J connectivity index is 4.11. The van der Waals surface area contributed by atoms with E-state index in [9.17, 15) is 14.4 Å². The monoisotopic (exact) mass is 260 g/mol. The van der Waals surface area contributed by atoms with Gasteiger partial charge < -0.3 is 11.1 Å². The number of carbonyl (C=O) groups excluding carboxylic acids is 3. The summed E-state index contributed by atoms with van der Waals surface area (Å²) in [6.45, 7) is 5.32. The first-order valence-electron chi connectivity index (χ1n) is 5.48. The normalized spacial score (nSPS) is 12.2. The van der Waals surface area contributed by atoms with E-state index in [4.69, 9.17) is 5.73 Å². The molecule has 0 spiro atoms. The average Bonchev–Trinajstić information content (AvgIpc) is 2.13. The third-order valence-corrected chi connectivity index (χ3v) is 3.04. The molecule has 0 aliphatic rings. The topological polar surface area (TPSA) is 89.3 Å². The lowest BCUT2D eigenvalue weighted by molar-refractivity contribution is -0.127. The molecule has 0 aromatic heterocycles. The Labute approximate surface area is 106 Å². The van der Waals surface area contributed by atoms with Gasteiger partial charge in [0, 0.05) is 12.2 Å². The van der Waals surface area contributed by atoms with Crippen molar-refractivity contribution in [2.75, 3.05) is 11.5 Å². The van der Waals surface area contributed by atoms with E-state index in [1.54, 1.807) is 0 Å². The number of nitrogens with two attached hydrogens (primary N) is 1. The number of rotatable bonds is 8. The van der Waals surface area contributed by atoms with Crippen LogP contribution in [0.3, 0.4) is 0 Å². The first kappa shape index (κ1) is 16.0. The number of ketones is 1. The molecule has 0 fully saturated rings. The van der Waals surface area contributed by atoms with E-state index >= 15 is 0 Å². The molecular formula is C11H20N2O3S. The summed E-state index contributed by atoms with van der Waals surface area (Å²) in [6, 6.07) is -0.703. The van der Waals surface area contributed by atoms with Crippen molar-refractivity contribution < 1.29 is 14.4 Å². The summed E-state index contributed by atoms with van der Waals surface area (Å²) < 4.78 is 0. The van der Waals surface area contributed by atoms with Gasteiger partial charge in [0.2, 0.25) is 11.8 Å². The predicted molar refractivity (Wildman–Crippen MR) is 68.6 cm³/mol. The van der Waals surface area contributed by atoms with Crippen LogP contribution < -0.4 is 11.1 Å². The van der Waals surface area contributed by atoms with E-state index in [0.29, 0.717) is 17.9 Å². The molecule has 0 saturated heterocycles. The van der Waals surface area contributed by atoms with Gasteiger partial charge in [0.15, 0.2) is 0 Å². The van der Waals surface area contributed by atoms with Crippen molar-refractivity contribution in [1.29, 1.82) is 0 Å². The van der Waals surface area contributed by atoms with Gasteiger partial charge in [0.25, 0.3) is 0 Å². The zero-order valence-corrected chi connectivity index (χ0v) is 11.3. The Kier molecular flexibility index (Phi) is 7.61. The zero-order chi connectivity index (χ0) is 13.4. The van der Waals surface area contributed by atoms with Crippen molar-refractivity contribution in [3.05, 3.63) is 0 Å². The summed E-state index contributed by atoms with van der Waals surface area (Å²) in [5.74, 6) is 0.160. The summed E-state index contributed by atoms with van der Waals surface area (Å²) in [5, 5.41) is 2.58. The van der Waals surface area contributed by atoms with E-state index in [1.165, 1.54) is 18.7 Å². The van der Waals surface area contributed by atoms with Crippen molar-refractivity contribution >= 4 is 29.4 Å². The molecule has 98 valence electrons. The fourth-order valence-corrected chi connectivity index (χ4v) is 2.03. The highest BCUT2D eigenvalue weighted by molar-refractivity contribution is 8.00. The number of Topliss-reactive ketones (excluding diaryl/α,β-unsaturated/α-hetero) is 1. The minimum absolute atomic E-state index is 0.0340. The molecule has 0 bridgehead atoms. The smallest absolute Gasteiger partial charge is 0.240 e. The van der Waals surface area contributed by atoms with Gasteiger partial charge in [-0.1, -0.05) is 13.8 Å². The number of nitrogens with one attached hydrogen (secondary N) is 1. The van der Waals surface area contributed by atoms with Gasteiger partial charge in [0.05, 0.1) is 5.75 Å². The molecule has 0 heterocycles. The lowest BCUT2D eigenvalue weighted by Crippen LogP contribution is -2.46. The van der Waals surface area contributed by atoms with Gasteiger partial charge in [-0.25, -0.2) is 0 Å². The van der Waals surface area contributed by atoms with E-state index < -0.39 is 11.9 Å². The van der Waals surface area contributed by atoms with Gasteiger partial charge in [-0.2, -0.15) is 11.8 Å². The Hall–Kier alpha value is -1.04. The van der Waals surface area contributed by atoms with Gasteiger partial charge in [-0.15, -0.1) is 0 Å². The molecule has 1 atom stereocenters. The first-order valence-corrected chi connectivity index (χ1v) is 6.64. The van der Waals surface area contributed by atoms with E-state index in [2.05, 4.69) is 5.32 Å². The molecule has 6 heteroatoms. The molecule has 5 nitrogen and oxygen atoms in total. The molecule has 0 radical (unpaired) electrons. The summed E-state index contributed by atoms with van der Waals surface area (Å²) >= 11 is 1.29. The summed E-state index contributed by atoms with van der Waals surface area (Å²) in [7, 11) is 0. The van der Waals surface area contributed by atoms with Crippen molar-refractivity contribution in [1.82, 2.24) is 5.32 Å². The second-order valence-electron chi connectivity index (χ2n) is 4.34. The Morgan fingerprint density at radius 2 is 1.88 bits per heavy atom. The van der Waals surface area contributed by atoms with E-state index in [-0.39, 0.29) is 17.6 Å². The minimum Gasteiger partial charge on any atom is -0.368 e. The molecule has 0 aliphatic heterocycles. The van der Waals surface area contributed by atoms with Crippen molar-refractivity contribution in [3.8, 4) is 0 Å². The van der Waals surface area contributed by atoms with E-state index in [0.717, 1.165) is 0 Å². The fourth-order valence-electron chi connectivity index (χ4n) is 1.14. The van der Waals surface area contributed by atoms with Crippen LogP contribution in [-0.2, 0) is 14.4 Å². The van der Waals surface area contributed by atoms with Crippen molar-refractivity contribution in [2.45, 2.75) is 33.2 Å². The standard InChI is InChI=1S/C11H20N2O3S/c1-7(2)4-10(15)13-9(11(12)16)6-17-5-8(3)14/h7,9H,4-6H2,1-3H3,(H2,12,16)(H,13,15)/t9-/m0/s1. The van der Waals surface area contributed by atoms with Crippen LogP contribution in [0.2, 0.25) is 0 Å². The molecule has 0 aliphatic carbocycles. The first-order chi connectivity index (χ1) is 7.82. The lowest BCUT2D eigenvalue weighted by atomic mass is 10.1. The van der Waals surface area contributed by atoms with Gasteiger partial charge in [-0.05, 0) is 12.8 Å². The van der Waals surface area contributed by atoms with Crippen molar-refractivity contribution in [3.63, 3.8) is 0 Å². The Morgan fingerprint density at radius 1 is 1.29 bits per heavy atom. The maximum Gasteiger partial charge on any atom is 0.240 e. The number of hydrogen-bond donors (Lipinski definition) is 2. The van der Waals surface area contributed by atoms with Crippen LogP contribution in [-0.4, -0.2) is 35.1 Å². The third kappa shape index (κ3) is 8.74. The molecule has 0 saturated carbocycles. The second-order valence-corrected chi connectivity index (χ2v) is 5.37. The molecule has 0 unspecified atom stereocenters. The molecule has 17 heavy (non-hydrogen) atoms. The molecule has 0 aromatic carbocycles. The average molecular weight is 260 g/mol. The molecule has 3 N–H and O–H groups in total. The van der Waals surface area contributed by atoms with Crippen LogP contribution in [0, 0.1) is 5.92 Å². The Morgan fingerprint density at radius 3 is 2.29 bits per heavy atom. The largest absolute Gasteiger partial charge is 0.368 e. The lowest BCUT2D eigenvalue weighted by Gasteiger charge is -2.15. The maximum atomic E-state index is 11.5. The highest BCUT2D eigenvalue weighted by atomic mass is 32.2. The quantitative estimate of drug-likeness (QED) is 0.658. The molecule has 0 rings (SSSR count). The van der Waals surface area contributed by atoms with Gasteiger partial charge in [-0.3, -0.25) is 14.4 Å². The highest BCUT2D eigenvalue weighted by Crippen LogP contribution is 2.05. The van der Waals surface area contributed by atoms with Crippen LogP contribution in [0.1, 0.15) is 27.2 Å². The SMILES string of the molecule is CC(=O)CSC[C@H](NC(=O)CC(C)C)C(N)=O. The highest BCUT2D eigenvalue weighted by Gasteiger charge is 2.18. The van der Waals surface area contributed by atoms with Gasteiger partial charge in [0.1, 0.15) is 11.8 Å². The number of thioether (sulfide) groups is 1. The van der Waals surface area contributed by atoms with Crippen LogP contribution >= 0.6 is 11.8 Å².